The predicted molar refractivity (Wildman–Crippen MR) is 67.4 cm³/mol. The highest BCUT2D eigenvalue weighted by Gasteiger charge is 2.21. The number of rotatable bonds is 3. The minimum absolute atomic E-state index is 0.113. The van der Waals surface area contributed by atoms with Crippen LogP contribution in [0.2, 0.25) is 0 Å². The molecule has 0 aliphatic heterocycles. The van der Waals surface area contributed by atoms with Crippen LogP contribution in [0.3, 0.4) is 0 Å². The van der Waals surface area contributed by atoms with Gasteiger partial charge in [-0.1, -0.05) is 0 Å². The summed E-state index contributed by atoms with van der Waals surface area (Å²) < 4.78 is 38.9. The van der Waals surface area contributed by atoms with Crippen LogP contribution < -0.4 is 5.32 Å². The number of hydrogen-bond acceptors (Lipinski definition) is 3. The maximum absolute atomic E-state index is 13.1. The summed E-state index contributed by atoms with van der Waals surface area (Å²) in [5, 5.41) is 12.9. The van der Waals surface area contributed by atoms with Gasteiger partial charge in [0.2, 0.25) is 0 Å². The highest BCUT2D eigenvalue weighted by molar-refractivity contribution is 6.07. The molecule has 108 valence electrons. The van der Waals surface area contributed by atoms with E-state index in [9.17, 15) is 28.1 Å². The molecule has 0 unspecified atom stereocenters. The van der Waals surface area contributed by atoms with E-state index in [1.807, 2.05) is 0 Å². The van der Waals surface area contributed by atoms with Crippen LogP contribution in [0.15, 0.2) is 36.4 Å². The quantitative estimate of drug-likeness (QED) is 0.698. The van der Waals surface area contributed by atoms with Gasteiger partial charge in [-0.25, -0.2) is 13.2 Å². The van der Waals surface area contributed by atoms with Gasteiger partial charge in [-0.15, -0.1) is 0 Å². The van der Waals surface area contributed by atoms with Crippen molar-refractivity contribution in [3.05, 3.63) is 69.5 Å². The summed E-state index contributed by atoms with van der Waals surface area (Å²) in [4.78, 5) is 21.8. The smallest absolute Gasteiger partial charge is 0.282 e. The van der Waals surface area contributed by atoms with Gasteiger partial charge >= 0.3 is 0 Å². The average molecular weight is 296 g/mol. The van der Waals surface area contributed by atoms with Gasteiger partial charge in [0.05, 0.1) is 4.92 Å². The van der Waals surface area contributed by atoms with Crippen molar-refractivity contribution in [3.63, 3.8) is 0 Å². The SMILES string of the molecule is O=C(Nc1ccc(F)c(F)c1)c1cc(F)ccc1[N+](=O)[O-]. The number of carbonyl (C=O) groups excluding carboxylic acids is 1. The molecule has 1 amide bonds. The van der Waals surface area contributed by atoms with Crippen molar-refractivity contribution < 1.29 is 22.9 Å². The first-order chi connectivity index (χ1) is 9.88. The Kier molecular flexibility index (Phi) is 3.88. The van der Waals surface area contributed by atoms with Crippen molar-refractivity contribution in [1.29, 1.82) is 0 Å². The second kappa shape index (κ2) is 5.61. The number of nitrogens with zero attached hydrogens (tertiary/aromatic N) is 1. The van der Waals surface area contributed by atoms with Crippen LogP contribution in [-0.4, -0.2) is 10.8 Å². The van der Waals surface area contributed by atoms with Gasteiger partial charge in [-0.2, -0.15) is 0 Å². The summed E-state index contributed by atoms with van der Waals surface area (Å²) in [7, 11) is 0. The Labute approximate surface area is 116 Å². The van der Waals surface area contributed by atoms with Gasteiger partial charge in [0, 0.05) is 17.8 Å². The first-order valence-electron chi connectivity index (χ1n) is 5.59. The van der Waals surface area contributed by atoms with Gasteiger partial charge in [-0.05, 0) is 24.3 Å². The molecule has 0 aromatic heterocycles. The second-order valence-electron chi connectivity index (χ2n) is 4.00. The van der Waals surface area contributed by atoms with Crippen LogP contribution >= 0.6 is 0 Å². The van der Waals surface area contributed by atoms with Crippen LogP contribution in [0.1, 0.15) is 10.4 Å². The lowest BCUT2D eigenvalue weighted by Crippen LogP contribution is -2.14. The Hall–Kier alpha value is -2.90. The molecule has 0 saturated heterocycles. The van der Waals surface area contributed by atoms with Crippen molar-refractivity contribution in [2.45, 2.75) is 0 Å². The van der Waals surface area contributed by atoms with Gasteiger partial charge in [0.1, 0.15) is 11.4 Å². The highest BCUT2D eigenvalue weighted by Crippen LogP contribution is 2.21. The van der Waals surface area contributed by atoms with E-state index in [1.54, 1.807) is 0 Å². The molecule has 0 spiro atoms. The van der Waals surface area contributed by atoms with E-state index in [1.165, 1.54) is 0 Å². The zero-order valence-corrected chi connectivity index (χ0v) is 10.3. The third-order valence-corrected chi connectivity index (χ3v) is 2.58. The highest BCUT2D eigenvalue weighted by atomic mass is 19.2. The van der Waals surface area contributed by atoms with Crippen LogP contribution in [0.25, 0.3) is 0 Å². The standard InChI is InChI=1S/C13H7F3N2O3/c14-7-1-4-12(18(20)21)9(5-7)13(19)17-8-2-3-10(15)11(16)6-8/h1-6H,(H,17,19). The predicted octanol–water partition coefficient (Wildman–Crippen LogP) is 3.26. The number of anilines is 1. The van der Waals surface area contributed by atoms with Crippen LogP contribution in [0, 0.1) is 27.6 Å². The molecule has 5 nitrogen and oxygen atoms in total. The largest absolute Gasteiger partial charge is 0.322 e. The fourth-order valence-electron chi connectivity index (χ4n) is 1.62. The number of amides is 1. The first kappa shape index (κ1) is 14.5. The molecule has 1 N–H and O–H groups in total. The van der Waals surface area contributed by atoms with E-state index in [2.05, 4.69) is 5.32 Å². The van der Waals surface area contributed by atoms with E-state index >= 15 is 0 Å². The minimum Gasteiger partial charge on any atom is -0.322 e. The van der Waals surface area contributed by atoms with E-state index in [0.717, 1.165) is 24.3 Å². The van der Waals surface area contributed by atoms with E-state index in [0.29, 0.717) is 12.1 Å². The number of halogens is 3. The lowest BCUT2D eigenvalue weighted by molar-refractivity contribution is -0.385. The van der Waals surface area contributed by atoms with E-state index in [4.69, 9.17) is 0 Å². The minimum atomic E-state index is -1.19. The molecule has 0 radical (unpaired) electrons. The molecular formula is C13H7F3N2O3. The average Bonchev–Trinajstić information content (AvgIpc) is 2.42. The van der Waals surface area contributed by atoms with Crippen molar-refractivity contribution in [3.8, 4) is 0 Å². The summed E-state index contributed by atoms with van der Waals surface area (Å²) in [5.41, 5.74) is -1.24. The number of nitro groups is 1. The summed E-state index contributed by atoms with van der Waals surface area (Å²) in [5.74, 6) is -4.14. The Bertz CT molecular complexity index is 735. The van der Waals surface area contributed by atoms with E-state index < -0.39 is 39.5 Å². The molecule has 2 aromatic rings. The zero-order valence-electron chi connectivity index (χ0n) is 10.3. The summed E-state index contributed by atoms with van der Waals surface area (Å²) >= 11 is 0. The van der Waals surface area contributed by atoms with Gasteiger partial charge in [0.25, 0.3) is 11.6 Å². The van der Waals surface area contributed by atoms with Gasteiger partial charge in [0.15, 0.2) is 11.6 Å². The lowest BCUT2D eigenvalue weighted by atomic mass is 10.1. The van der Waals surface area contributed by atoms with Crippen molar-refractivity contribution in [1.82, 2.24) is 0 Å². The summed E-state index contributed by atoms with van der Waals surface area (Å²) in [6.45, 7) is 0. The molecule has 8 heteroatoms. The summed E-state index contributed by atoms with van der Waals surface area (Å²) in [6.07, 6.45) is 0. The third-order valence-electron chi connectivity index (χ3n) is 2.58. The van der Waals surface area contributed by atoms with Crippen molar-refractivity contribution >= 4 is 17.3 Å². The molecule has 0 atom stereocenters. The Morgan fingerprint density at radius 3 is 2.38 bits per heavy atom. The molecule has 0 fully saturated rings. The molecule has 0 bridgehead atoms. The number of hydrogen-bond donors (Lipinski definition) is 1. The monoisotopic (exact) mass is 296 g/mol. The maximum Gasteiger partial charge on any atom is 0.282 e. The van der Waals surface area contributed by atoms with Crippen molar-refractivity contribution in [2.24, 2.45) is 0 Å². The first-order valence-corrected chi connectivity index (χ1v) is 5.59. The topological polar surface area (TPSA) is 72.2 Å². The van der Waals surface area contributed by atoms with E-state index in [-0.39, 0.29) is 5.69 Å². The fourth-order valence-corrected chi connectivity index (χ4v) is 1.62. The van der Waals surface area contributed by atoms with Crippen LogP contribution in [-0.2, 0) is 0 Å². The van der Waals surface area contributed by atoms with Gasteiger partial charge in [-0.3, -0.25) is 14.9 Å². The zero-order chi connectivity index (χ0) is 15.6. The molecule has 0 saturated carbocycles. The molecule has 2 rings (SSSR count). The second-order valence-corrected chi connectivity index (χ2v) is 4.00. The molecule has 21 heavy (non-hydrogen) atoms. The van der Waals surface area contributed by atoms with Crippen LogP contribution in [0.4, 0.5) is 24.5 Å². The maximum atomic E-state index is 13.1. The molecular weight excluding hydrogens is 289 g/mol. The normalized spacial score (nSPS) is 10.2. The number of carbonyl (C=O) groups is 1. The fraction of sp³-hybridized carbons (Fsp3) is 0. The molecule has 0 aliphatic rings. The summed E-state index contributed by atoms with van der Waals surface area (Å²) in [6, 6.07) is 4.93. The number of nitro benzene ring substituents is 1. The van der Waals surface area contributed by atoms with Gasteiger partial charge < -0.3 is 5.32 Å². The molecule has 2 aromatic carbocycles. The molecule has 0 aliphatic carbocycles. The van der Waals surface area contributed by atoms with Crippen LogP contribution in [0.5, 0.6) is 0 Å². The lowest BCUT2D eigenvalue weighted by Gasteiger charge is -2.06. The van der Waals surface area contributed by atoms with Crippen molar-refractivity contribution in [2.75, 3.05) is 5.32 Å². The number of benzene rings is 2. The Morgan fingerprint density at radius 2 is 1.76 bits per heavy atom. The Morgan fingerprint density at radius 1 is 1.05 bits per heavy atom. The third kappa shape index (κ3) is 3.16. The molecule has 0 heterocycles. The Balaban J connectivity index is 2.34. The number of nitrogens with one attached hydrogen (secondary N) is 1.